The molecule has 2 atom stereocenters. The summed E-state index contributed by atoms with van der Waals surface area (Å²) in [6, 6.07) is 14.1. The maximum absolute atomic E-state index is 14.0. The van der Waals surface area contributed by atoms with Crippen LogP contribution in [0.25, 0.3) is 33.4 Å². The molecule has 0 saturated carbocycles. The third kappa shape index (κ3) is 4.75. The molecule has 5 aromatic rings. The van der Waals surface area contributed by atoms with Crippen LogP contribution < -0.4 is 5.32 Å². The van der Waals surface area contributed by atoms with Crippen LogP contribution in [0.3, 0.4) is 0 Å². The summed E-state index contributed by atoms with van der Waals surface area (Å²) in [5.74, 6) is 1.16. The van der Waals surface area contributed by atoms with E-state index in [9.17, 15) is 9.18 Å². The number of pyridine rings is 3. The van der Waals surface area contributed by atoms with Crippen LogP contribution in [0, 0.1) is 11.7 Å². The molecule has 1 unspecified atom stereocenters. The van der Waals surface area contributed by atoms with Crippen molar-refractivity contribution in [3.63, 3.8) is 0 Å². The molecule has 0 saturated heterocycles. The standard InChI is InChI=1S/C31H28FN7O/c1-4-26(40)37-25-9-8-20(15-34-25)21-13-24-27(36-16-21)18(3)17(2)14-35-28(24)31-38-29-23(10-11-33-30(29)39-31)19-6-5-7-22(32)12-19/h5-13,15-18H,4,14H2,1-3H3,(H,33,38,39)(H,34,37,40)/t17-,18?/m1/s1. The van der Waals surface area contributed by atoms with Crippen LogP contribution in [0.15, 0.2) is 72.1 Å². The highest BCUT2D eigenvalue weighted by Gasteiger charge is 2.28. The number of aliphatic imine (C=N–C) groups is 1. The number of aromatic nitrogens is 5. The van der Waals surface area contributed by atoms with Crippen molar-refractivity contribution in [3.8, 4) is 22.3 Å². The van der Waals surface area contributed by atoms with E-state index in [1.54, 1.807) is 31.5 Å². The minimum atomic E-state index is -0.305. The first kappa shape index (κ1) is 25.5. The molecule has 1 amide bonds. The second-order valence-electron chi connectivity index (χ2n) is 10.1. The number of halogens is 1. The molecule has 0 aliphatic carbocycles. The summed E-state index contributed by atoms with van der Waals surface area (Å²) in [7, 11) is 0. The van der Waals surface area contributed by atoms with E-state index in [-0.39, 0.29) is 23.6 Å². The van der Waals surface area contributed by atoms with E-state index in [2.05, 4.69) is 40.2 Å². The molecule has 5 heterocycles. The molecular weight excluding hydrogens is 505 g/mol. The molecule has 2 N–H and O–H groups in total. The summed E-state index contributed by atoms with van der Waals surface area (Å²) in [6.45, 7) is 6.76. The van der Waals surface area contributed by atoms with Gasteiger partial charge in [0, 0.05) is 59.7 Å². The fraction of sp³-hybridized carbons (Fsp3) is 0.226. The minimum Gasteiger partial charge on any atom is -0.335 e. The van der Waals surface area contributed by atoms with Crippen molar-refractivity contribution in [2.45, 2.75) is 33.1 Å². The van der Waals surface area contributed by atoms with Gasteiger partial charge in [0.1, 0.15) is 17.3 Å². The molecule has 40 heavy (non-hydrogen) atoms. The SMILES string of the molecule is CCC(=O)Nc1ccc(-c2cnc3c(c2)C(c2nc4nccc(-c5cccc(F)c5)c4[nH]2)=NC[C@@H](C)C3C)cn1. The van der Waals surface area contributed by atoms with Crippen molar-refractivity contribution in [2.75, 3.05) is 11.9 Å². The highest BCUT2D eigenvalue weighted by atomic mass is 19.1. The molecule has 1 aliphatic heterocycles. The monoisotopic (exact) mass is 533 g/mol. The Morgan fingerprint density at radius 2 is 1.85 bits per heavy atom. The quantitative estimate of drug-likeness (QED) is 0.281. The number of fused-ring (bicyclic) bond motifs is 2. The summed E-state index contributed by atoms with van der Waals surface area (Å²) >= 11 is 0. The lowest BCUT2D eigenvalue weighted by Gasteiger charge is -2.18. The van der Waals surface area contributed by atoms with Gasteiger partial charge >= 0.3 is 0 Å². The number of nitrogens with zero attached hydrogens (tertiary/aromatic N) is 5. The normalized spacial score (nSPS) is 16.8. The van der Waals surface area contributed by atoms with E-state index in [0.717, 1.165) is 39.0 Å². The van der Waals surface area contributed by atoms with Gasteiger partial charge in [-0.3, -0.25) is 14.8 Å². The summed E-state index contributed by atoms with van der Waals surface area (Å²) in [6.07, 6.45) is 5.65. The Bertz CT molecular complexity index is 1760. The van der Waals surface area contributed by atoms with Crippen LogP contribution in [0.4, 0.5) is 10.2 Å². The molecule has 4 aromatic heterocycles. The van der Waals surface area contributed by atoms with Gasteiger partial charge in [0.05, 0.1) is 11.2 Å². The van der Waals surface area contributed by atoms with Gasteiger partial charge < -0.3 is 10.3 Å². The smallest absolute Gasteiger partial charge is 0.225 e. The van der Waals surface area contributed by atoms with Gasteiger partial charge in [-0.05, 0) is 47.9 Å². The highest BCUT2D eigenvalue weighted by molar-refractivity contribution is 6.13. The predicted octanol–water partition coefficient (Wildman–Crippen LogP) is 6.16. The fourth-order valence-corrected chi connectivity index (χ4v) is 4.93. The number of amides is 1. The Kier molecular flexibility index (Phi) is 6.63. The lowest BCUT2D eigenvalue weighted by molar-refractivity contribution is -0.115. The molecule has 0 radical (unpaired) electrons. The molecule has 200 valence electrons. The Morgan fingerprint density at radius 3 is 2.62 bits per heavy atom. The lowest BCUT2D eigenvalue weighted by atomic mass is 9.89. The molecule has 6 rings (SSSR count). The molecular formula is C31H28FN7O. The molecule has 0 fully saturated rings. The van der Waals surface area contributed by atoms with Crippen molar-refractivity contribution in [3.05, 3.63) is 90.0 Å². The van der Waals surface area contributed by atoms with E-state index in [0.29, 0.717) is 36.0 Å². The van der Waals surface area contributed by atoms with Crippen LogP contribution in [-0.4, -0.2) is 43.1 Å². The molecule has 8 nitrogen and oxygen atoms in total. The van der Waals surface area contributed by atoms with Gasteiger partial charge in [-0.25, -0.2) is 19.3 Å². The van der Waals surface area contributed by atoms with Crippen molar-refractivity contribution in [1.82, 2.24) is 24.9 Å². The number of rotatable bonds is 5. The molecule has 0 bridgehead atoms. The topological polar surface area (TPSA) is 109 Å². The third-order valence-corrected chi connectivity index (χ3v) is 7.43. The number of nitrogens with one attached hydrogen (secondary N) is 2. The van der Waals surface area contributed by atoms with Gasteiger partial charge in [-0.15, -0.1) is 0 Å². The van der Waals surface area contributed by atoms with Crippen LogP contribution in [0.2, 0.25) is 0 Å². The first-order valence-corrected chi connectivity index (χ1v) is 13.3. The summed E-state index contributed by atoms with van der Waals surface area (Å²) < 4.78 is 14.0. The highest BCUT2D eigenvalue weighted by Crippen LogP contribution is 2.34. The van der Waals surface area contributed by atoms with Crippen LogP contribution in [0.5, 0.6) is 0 Å². The average molecular weight is 534 g/mol. The van der Waals surface area contributed by atoms with Gasteiger partial charge in [0.15, 0.2) is 11.5 Å². The van der Waals surface area contributed by atoms with Crippen molar-refractivity contribution in [2.24, 2.45) is 10.9 Å². The first-order chi connectivity index (χ1) is 19.4. The van der Waals surface area contributed by atoms with Gasteiger partial charge in [0.2, 0.25) is 5.91 Å². The predicted molar refractivity (Wildman–Crippen MR) is 154 cm³/mol. The van der Waals surface area contributed by atoms with Crippen LogP contribution in [-0.2, 0) is 4.79 Å². The molecule has 1 aromatic carbocycles. The first-order valence-electron chi connectivity index (χ1n) is 13.3. The minimum absolute atomic E-state index is 0.0863. The lowest BCUT2D eigenvalue weighted by Crippen LogP contribution is -2.12. The summed E-state index contributed by atoms with van der Waals surface area (Å²) in [4.78, 5) is 38.8. The molecule has 0 spiro atoms. The number of aromatic amines is 1. The Hall–Kier alpha value is -4.79. The largest absolute Gasteiger partial charge is 0.335 e. The van der Waals surface area contributed by atoms with Crippen molar-refractivity contribution in [1.29, 1.82) is 0 Å². The van der Waals surface area contributed by atoms with Crippen molar-refractivity contribution < 1.29 is 9.18 Å². The number of anilines is 1. The zero-order valence-electron chi connectivity index (χ0n) is 22.4. The Morgan fingerprint density at radius 1 is 1.00 bits per heavy atom. The maximum atomic E-state index is 14.0. The summed E-state index contributed by atoms with van der Waals surface area (Å²) in [5.41, 5.74) is 7.10. The Labute approximate surface area is 230 Å². The van der Waals surface area contributed by atoms with Gasteiger partial charge in [0.25, 0.3) is 0 Å². The van der Waals surface area contributed by atoms with E-state index >= 15 is 0 Å². The summed E-state index contributed by atoms with van der Waals surface area (Å²) in [5, 5.41) is 2.78. The molecule has 1 aliphatic rings. The second-order valence-corrected chi connectivity index (χ2v) is 10.1. The number of hydrogen-bond acceptors (Lipinski definition) is 6. The molecule has 9 heteroatoms. The maximum Gasteiger partial charge on any atom is 0.225 e. The fourth-order valence-electron chi connectivity index (χ4n) is 4.93. The number of imidazole rings is 1. The van der Waals surface area contributed by atoms with Gasteiger partial charge in [-0.2, -0.15) is 0 Å². The van der Waals surface area contributed by atoms with Crippen molar-refractivity contribution >= 4 is 28.6 Å². The zero-order chi connectivity index (χ0) is 27.8. The Balaban J connectivity index is 1.44. The van der Waals surface area contributed by atoms with E-state index in [1.807, 2.05) is 24.4 Å². The average Bonchev–Trinajstić information content (AvgIpc) is 3.36. The number of carbonyl (C=O) groups is 1. The number of H-pyrrole nitrogens is 1. The number of hydrogen-bond donors (Lipinski definition) is 2. The van der Waals surface area contributed by atoms with E-state index in [1.165, 1.54) is 12.1 Å². The number of carbonyl (C=O) groups excluding carboxylic acids is 1. The van der Waals surface area contributed by atoms with E-state index < -0.39 is 0 Å². The van der Waals surface area contributed by atoms with Crippen LogP contribution in [0.1, 0.15) is 50.2 Å². The van der Waals surface area contributed by atoms with Crippen LogP contribution >= 0.6 is 0 Å². The van der Waals surface area contributed by atoms with E-state index in [4.69, 9.17) is 15.0 Å². The zero-order valence-corrected chi connectivity index (χ0v) is 22.4. The number of benzene rings is 1. The second kappa shape index (κ2) is 10.4. The third-order valence-electron chi connectivity index (χ3n) is 7.43. The van der Waals surface area contributed by atoms with Gasteiger partial charge in [-0.1, -0.05) is 32.9 Å².